The van der Waals surface area contributed by atoms with Crippen LogP contribution in [-0.4, -0.2) is 31.6 Å². The van der Waals surface area contributed by atoms with Crippen molar-refractivity contribution in [3.63, 3.8) is 0 Å². The maximum atomic E-state index is 8.38. The van der Waals surface area contributed by atoms with E-state index in [1.165, 1.54) is 0 Å². The van der Waals surface area contributed by atoms with Gasteiger partial charge in [-0.05, 0) is 18.2 Å². The summed E-state index contributed by atoms with van der Waals surface area (Å²) in [5.74, 6) is 0.840. The van der Waals surface area contributed by atoms with Gasteiger partial charge in [-0.1, -0.05) is 0 Å². The average molecular weight is 230 g/mol. The molecule has 0 aliphatic rings. The Morgan fingerprint density at radius 1 is 1.06 bits per heavy atom. The highest BCUT2D eigenvalue weighted by Crippen LogP contribution is 2.05. The van der Waals surface area contributed by atoms with Crippen molar-refractivity contribution in [3.05, 3.63) is 48.8 Å². The van der Waals surface area contributed by atoms with Gasteiger partial charge in [-0.3, -0.25) is 4.98 Å². The van der Waals surface area contributed by atoms with Crippen molar-refractivity contribution in [2.45, 2.75) is 6.42 Å². The van der Waals surface area contributed by atoms with Gasteiger partial charge in [0.25, 0.3) is 0 Å². The largest absolute Gasteiger partial charge is 0.396 e. The quantitative estimate of drug-likeness (QED) is 0.624. The van der Waals surface area contributed by atoms with Crippen LogP contribution in [-0.2, 0) is 6.42 Å². The number of hydrogen-bond acceptors (Lipinski definition) is 3. The van der Waals surface area contributed by atoms with Crippen LogP contribution in [0, 0.1) is 0 Å². The van der Waals surface area contributed by atoms with E-state index in [1.807, 2.05) is 24.4 Å². The Kier molecular flexibility index (Phi) is 3.88. The summed E-state index contributed by atoms with van der Waals surface area (Å²) < 4.78 is 0. The Hall–Kier alpha value is -2.14. The van der Waals surface area contributed by atoms with Gasteiger partial charge in [0.2, 0.25) is 0 Å². The lowest BCUT2D eigenvalue weighted by molar-refractivity contribution is 0.297. The van der Waals surface area contributed by atoms with Gasteiger partial charge in [-0.25, -0.2) is 4.98 Å². The topological polar surface area (TPSA) is 77.6 Å². The van der Waals surface area contributed by atoms with E-state index in [1.54, 1.807) is 18.6 Å². The van der Waals surface area contributed by atoms with E-state index in [9.17, 15) is 0 Å². The first-order valence-electron chi connectivity index (χ1n) is 5.37. The van der Waals surface area contributed by atoms with Gasteiger partial charge in [-0.2, -0.15) is 0 Å². The number of aliphatic hydroxyl groups excluding tert-OH is 1. The number of hydrogen-bond donors (Lipinski definition) is 3. The average Bonchev–Trinajstić information content (AvgIpc) is 3.00. The second kappa shape index (κ2) is 5.81. The number of aromatic nitrogens is 4. The van der Waals surface area contributed by atoms with Gasteiger partial charge in [0.15, 0.2) is 0 Å². The molecule has 3 N–H and O–H groups in total. The molecular weight excluding hydrogens is 216 g/mol. The molecule has 0 aliphatic heterocycles. The first-order valence-corrected chi connectivity index (χ1v) is 5.37. The van der Waals surface area contributed by atoms with Crippen LogP contribution in [0.2, 0.25) is 0 Å². The monoisotopic (exact) mass is 230 g/mol. The summed E-state index contributed by atoms with van der Waals surface area (Å²) in [7, 11) is 0. The van der Waals surface area contributed by atoms with Gasteiger partial charge < -0.3 is 15.1 Å². The highest BCUT2D eigenvalue weighted by molar-refractivity contribution is 5.73. The lowest BCUT2D eigenvalue weighted by atomic mass is 10.4. The second-order valence-corrected chi connectivity index (χ2v) is 3.42. The van der Waals surface area contributed by atoms with Crippen LogP contribution in [0.4, 0.5) is 0 Å². The number of nitrogens with one attached hydrogen (secondary N) is 2. The van der Waals surface area contributed by atoms with E-state index < -0.39 is 0 Å². The van der Waals surface area contributed by atoms with Crippen molar-refractivity contribution in [2.75, 3.05) is 6.61 Å². The number of nitrogens with zero attached hydrogens (tertiary/aromatic N) is 2. The lowest BCUT2D eigenvalue weighted by Gasteiger charge is -1.85. The molecule has 0 aromatic carbocycles. The second-order valence-electron chi connectivity index (χ2n) is 3.42. The molecule has 0 amide bonds. The minimum absolute atomic E-state index is 0.160. The zero-order chi connectivity index (χ0) is 11.9. The zero-order valence-electron chi connectivity index (χ0n) is 9.30. The standard InChI is InChI=1S/C7H6N2.C5H8N2O/c1-2-6-7(8-4-1)3-5-9-6;8-4-1-5-6-2-3-7-5/h1-5,9H;2-3,8H,1,4H2,(H,6,7). The van der Waals surface area contributed by atoms with Crippen molar-refractivity contribution >= 4 is 11.0 Å². The fourth-order valence-electron chi connectivity index (χ4n) is 1.42. The number of fused-ring (bicyclic) bond motifs is 1. The van der Waals surface area contributed by atoms with E-state index in [-0.39, 0.29) is 6.61 Å². The number of rotatable bonds is 2. The Balaban J connectivity index is 0.000000128. The van der Waals surface area contributed by atoms with Crippen LogP contribution in [0.1, 0.15) is 5.82 Å². The molecule has 5 heteroatoms. The molecule has 0 saturated heterocycles. The molecule has 5 nitrogen and oxygen atoms in total. The number of aromatic amines is 2. The van der Waals surface area contributed by atoms with Crippen LogP contribution in [0.5, 0.6) is 0 Å². The molecule has 3 heterocycles. The highest BCUT2D eigenvalue weighted by Gasteiger charge is 1.89. The van der Waals surface area contributed by atoms with E-state index >= 15 is 0 Å². The van der Waals surface area contributed by atoms with Crippen molar-refractivity contribution in [2.24, 2.45) is 0 Å². The Morgan fingerprint density at radius 3 is 2.71 bits per heavy atom. The maximum Gasteiger partial charge on any atom is 0.108 e. The summed E-state index contributed by atoms with van der Waals surface area (Å²) in [5, 5.41) is 8.38. The van der Waals surface area contributed by atoms with Crippen molar-refractivity contribution < 1.29 is 5.11 Å². The summed E-state index contributed by atoms with van der Waals surface area (Å²) in [6.07, 6.45) is 7.71. The van der Waals surface area contributed by atoms with E-state index in [4.69, 9.17) is 5.11 Å². The number of H-pyrrole nitrogens is 2. The smallest absolute Gasteiger partial charge is 0.108 e. The molecule has 0 bridgehead atoms. The molecule has 0 radical (unpaired) electrons. The third-order valence-corrected chi connectivity index (χ3v) is 2.22. The summed E-state index contributed by atoms with van der Waals surface area (Å²) in [6.45, 7) is 0.160. The molecule has 0 saturated carbocycles. The summed E-state index contributed by atoms with van der Waals surface area (Å²) >= 11 is 0. The van der Waals surface area contributed by atoms with E-state index in [2.05, 4.69) is 19.9 Å². The minimum atomic E-state index is 0.160. The first-order chi connectivity index (χ1) is 8.40. The Bertz CT molecular complexity index is 514. The number of aliphatic hydroxyl groups is 1. The van der Waals surface area contributed by atoms with Crippen molar-refractivity contribution in [1.29, 1.82) is 0 Å². The minimum Gasteiger partial charge on any atom is -0.396 e. The fourth-order valence-corrected chi connectivity index (χ4v) is 1.42. The maximum absolute atomic E-state index is 8.38. The molecule has 88 valence electrons. The Morgan fingerprint density at radius 2 is 2.00 bits per heavy atom. The van der Waals surface area contributed by atoms with E-state index in [0.29, 0.717) is 6.42 Å². The molecule has 3 rings (SSSR count). The summed E-state index contributed by atoms with van der Waals surface area (Å²) in [4.78, 5) is 13.9. The number of pyridine rings is 1. The van der Waals surface area contributed by atoms with Crippen LogP contribution < -0.4 is 0 Å². The SMILES string of the molecule is OCCc1ncc[nH]1.c1cnc2cc[nH]c2c1. The predicted molar refractivity (Wildman–Crippen MR) is 65.5 cm³/mol. The van der Waals surface area contributed by atoms with Crippen LogP contribution >= 0.6 is 0 Å². The molecule has 0 aliphatic carbocycles. The summed E-state index contributed by atoms with van der Waals surface area (Å²) in [6, 6.07) is 5.87. The molecule has 3 aromatic rings. The normalized spacial score (nSPS) is 9.94. The molecule has 17 heavy (non-hydrogen) atoms. The van der Waals surface area contributed by atoms with Crippen molar-refractivity contribution in [3.8, 4) is 0 Å². The zero-order valence-corrected chi connectivity index (χ0v) is 9.30. The fraction of sp³-hybridized carbons (Fsp3) is 0.167. The van der Waals surface area contributed by atoms with Crippen LogP contribution in [0.3, 0.4) is 0 Å². The van der Waals surface area contributed by atoms with Gasteiger partial charge in [0.05, 0.1) is 17.6 Å². The Labute approximate surface area is 98.6 Å². The van der Waals surface area contributed by atoms with Gasteiger partial charge in [0.1, 0.15) is 5.82 Å². The highest BCUT2D eigenvalue weighted by atomic mass is 16.3. The molecule has 0 spiro atoms. The van der Waals surface area contributed by atoms with Crippen molar-refractivity contribution in [1.82, 2.24) is 19.9 Å². The van der Waals surface area contributed by atoms with Crippen LogP contribution in [0.25, 0.3) is 11.0 Å². The predicted octanol–water partition coefficient (Wildman–Crippen LogP) is 1.51. The first kappa shape index (κ1) is 11.3. The third-order valence-electron chi connectivity index (χ3n) is 2.22. The molecule has 3 aromatic heterocycles. The number of imidazole rings is 1. The molecular formula is C12H14N4O. The van der Waals surface area contributed by atoms with Gasteiger partial charge >= 0.3 is 0 Å². The molecule has 0 fully saturated rings. The van der Waals surface area contributed by atoms with Gasteiger partial charge in [-0.15, -0.1) is 0 Å². The molecule has 0 atom stereocenters. The van der Waals surface area contributed by atoms with Gasteiger partial charge in [0, 0.05) is 31.2 Å². The van der Waals surface area contributed by atoms with Crippen LogP contribution in [0.15, 0.2) is 43.0 Å². The van der Waals surface area contributed by atoms with E-state index in [0.717, 1.165) is 16.9 Å². The third kappa shape index (κ3) is 3.15. The molecule has 0 unspecified atom stereocenters. The lowest BCUT2D eigenvalue weighted by Crippen LogP contribution is -1.91. The summed E-state index contributed by atoms with van der Waals surface area (Å²) in [5.41, 5.74) is 2.12.